The van der Waals surface area contributed by atoms with Crippen molar-refractivity contribution in [2.24, 2.45) is 0 Å². The van der Waals surface area contributed by atoms with Crippen LogP contribution in [-0.2, 0) is 4.74 Å². The highest BCUT2D eigenvalue weighted by atomic mass is 19.1. The quantitative estimate of drug-likeness (QED) is 0.640. The van der Waals surface area contributed by atoms with Crippen molar-refractivity contribution >= 4 is 17.3 Å². The molecule has 2 saturated heterocycles. The topological polar surface area (TPSA) is 90.2 Å². The van der Waals surface area contributed by atoms with Crippen LogP contribution in [0.5, 0.6) is 0 Å². The molecule has 0 spiro atoms. The summed E-state index contributed by atoms with van der Waals surface area (Å²) in [6, 6.07) is 15.3. The maximum Gasteiger partial charge on any atom is 0.230 e. The van der Waals surface area contributed by atoms with Crippen LogP contribution >= 0.6 is 0 Å². The molecule has 2 aromatic carbocycles. The largest absolute Gasteiger partial charge is 0.378 e. The molecular formula is C24H24FN7O. The first-order valence-electron chi connectivity index (χ1n) is 11.0. The Hall–Kier alpha value is -3.61. The Morgan fingerprint density at radius 2 is 1.94 bits per heavy atom. The van der Waals surface area contributed by atoms with E-state index in [2.05, 4.69) is 49.1 Å². The minimum atomic E-state index is -0.568. The van der Waals surface area contributed by atoms with E-state index in [0.717, 1.165) is 38.5 Å². The maximum atomic E-state index is 13.6. The summed E-state index contributed by atoms with van der Waals surface area (Å²) < 4.78 is 19.0. The van der Waals surface area contributed by atoms with Gasteiger partial charge >= 0.3 is 0 Å². The zero-order valence-electron chi connectivity index (χ0n) is 18.3. The van der Waals surface area contributed by atoms with Gasteiger partial charge in [0.15, 0.2) is 5.82 Å². The van der Waals surface area contributed by atoms with Gasteiger partial charge in [-0.1, -0.05) is 0 Å². The van der Waals surface area contributed by atoms with Gasteiger partial charge in [0.05, 0.1) is 24.8 Å². The highest BCUT2D eigenvalue weighted by molar-refractivity contribution is 5.62. The normalized spacial score (nSPS) is 19.1. The molecule has 2 aliphatic rings. The SMILES string of the molecule is CC1CN(c2ccc(Nc3ncnc(-c4ccc(F)c(C#N)c4)n3)cc2)CCN1C1COC1. The van der Waals surface area contributed by atoms with Gasteiger partial charge in [0, 0.05) is 42.6 Å². The molecule has 0 saturated carbocycles. The lowest BCUT2D eigenvalue weighted by molar-refractivity contribution is -0.0792. The predicted octanol–water partition coefficient (Wildman–Crippen LogP) is 3.20. The minimum Gasteiger partial charge on any atom is -0.378 e. The van der Waals surface area contributed by atoms with Crippen molar-refractivity contribution < 1.29 is 9.13 Å². The Bertz CT molecular complexity index is 1180. The molecule has 0 radical (unpaired) electrons. The van der Waals surface area contributed by atoms with Crippen molar-refractivity contribution in [2.45, 2.75) is 19.0 Å². The van der Waals surface area contributed by atoms with Gasteiger partial charge in [-0.05, 0) is 49.4 Å². The lowest BCUT2D eigenvalue weighted by Gasteiger charge is -2.47. The monoisotopic (exact) mass is 445 g/mol. The Labute approximate surface area is 191 Å². The lowest BCUT2D eigenvalue weighted by atomic mass is 10.1. The van der Waals surface area contributed by atoms with Crippen molar-refractivity contribution in [1.29, 1.82) is 5.26 Å². The number of nitriles is 1. The predicted molar refractivity (Wildman–Crippen MR) is 123 cm³/mol. The summed E-state index contributed by atoms with van der Waals surface area (Å²) >= 11 is 0. The zero-order chi connectivity index (χ0) is 22.8. The zero-order valence-corrected chi connectivity index (χ0v) is 18.3. The molecule has 5 rings (SSSR count). The third kappa shape index (κ3) is 4.49. The van der Waals surface area contributed by atoms with E-state index in [1.165, 1.54) is 24.1 Å². The highest BCUT2D eigenvalue weighted by Crippen LogP contribution is 2.25. The van der Waals surface area contributed by atoms with Gasteiger partial charge in [-0.2, -0.15) is 10.2 Å². The fraction of sp³-hybridized carbons (Fsp3) is 0.333. The standard InChI is InChI=1S/C24H24FN7O/c1-16-12-31(8-9-32(16)21-13-33-14-21)20-5-3-19(4-6-20)29-24-28-15-27-23(30-24)17-2-7-22(25)18(10-17)11-26/h2-7,10,15-16,21H,8-9,12-14H2,1H3,(H,27,28,29,30). The number of rotatable bonds is 5. The van der Waals surface area contributed by atoms with Gasteiger partial charge in [-0.25, -0.2) is 14.4 Å². The van der Waals surface area contributed by atoms with Crippen LogP contribution in [0.2, 0.25) is 0 Å². The molecular weight excluding hydrogens is 421 g/mol. The number of nitrogens with one attached hydrogen (secondary N) is 1. The number of halogens is 1. The molecule has 1 N–H and O–H groups in total. The first-order valence-corrected chi connectivity index (χ1v) is 11.0. The van der Waals surface area contributed by atoms with Gasteiger partial charge in [-0.15, -0.1) is 0 Å². The van der Waals surface area contributed by atoms with E-state index in [1.54, 1.807) is 6.07 Å². The molecule has 33 heavy (non-hydrogen) atoms. The average molecular weight is 446 g/mol. The fourth-order valence-electron chi connectivity index (χ4n) is 4.29. The molecule has 3 aromatic rings. The van der Waals surface area contributed by atoms with Crippen LogP contribution in [0.1, 0.15) is 12.5 Å². The summed E-state index contributed by atoms with van der Waals surface area (Å²) in [5, 5.41) is 12.2. The molecule has 0 amide bonds. The van der Waals surface area contributed by atoms with E-state index in [9.17, 15) is 4.39 Å². The van der Waals surface area contributed by atoms with Crippen molar-refractivity contribution in [3.05, 3.63) is 60.2 Å². The molecule has 3 heterocycles. The number of aromatic nitrogens is 3. The third-order valence-electron chi connectivity index (χ3n) is 6.17. The molecule has 1 aromatic heterocycles. The average Bonchev–Trinajstić information content (AvgIpc) is 2.80. The van der Waals surface area contributed by atoms with E-state index in [0.29, 0.717) is 29.4 Å². The lowest BCUT2D eigenvalue weighted by Crippen LogP contribution is -2.60. The first-order chi connectivity index (χ1) is 16.1. The maximum absolute atomic E-state index is 13.6. The molecule has 0 aliphatic carbocycles. The molecule has 8 nitrogen and oxygen atoms in total. The summed E-state index contributed by atoms with van der Waals surface area (Å²) in [4.78, 5) is 17.7. The molecule has 0 bridgehead atoms. The first kappa shape index (κ1) is 21.2. The van der Waals surface area contributed by atoms with Gasteiger partial charge in [-0.3, -0.25) is 4.90 Å². The Morgan fingerprint density at radius 1 is 1.12 bits per heavy atom. The van der Waals surface area contributed by atoms with E-state index in [1.807, 2.05) is 18.2 Å². The second-order valence-corrected chi connectivity index (χ2v) is 8.34. The van der Waals surface area contributed by atoms with E-state index >= 15 is 0 Å². The van der Waals surface area contributed by atoms with Crippen molar-refractivity contribution in [2.75, 3.05) is 43.1 Å². The smallest absolute Gasteiger partial charge is 0.230 e. The van der Waals surface area contributed by atoms with Crippen LogP contribution in [0.15, 0.2) is 48.8 Å². The number of hydrogen-bond donors (Lipinski definition) is 1. The van der Waals surface area contributed by atoms with E-state index in [-0.39, 0.29) is 5.56 Å². The second-order valence-electron chi connectivity index (χ2n) is 8.34. The molecule has 1 atom stereocenters. The summed E-state index contributed by atoms with van der Waals surface area (Å²) in [7, 11) is 0. The van der Waals surface area contributed by atoms with Gasteiger partial charge in [0.1, 0.15) is 18.2 Å². The van der Waals surface area contributed by atoms with Gasteiger partial charge in [0.2, 0.25) is 5.95 Å². The van der Waals surface area contributed by atoms with Crippen LogP contribution in [0.4, 0.5) is 21.7 Å². The minimum absolute atomic E-state index is 0.0471. The van der Waals surface area contributed by atoms with Crippen molar-refractivity contribution in [3.8, 4) is 17.5 Å². The number of hydrogen-bond acceptors (Lipinski definition) is 8. The van der Waals surface area contributed by atoms with Crippen LogP contribution in [0, 0.1) is 17.1 Å². The number of benzene rings is 2. The molecule has 9 heteroatoms. The van der Waals surface area contributed by atoms with E-state index in [4.69, 9.17) is 10.00 Å². The molecule has 168 valence electrons. The summed E-state index contributed by atoms with van der Waals surface area (Å²) in [6.45, 7) is 7.00. The Morgan fingerprint density at radius 3 is 2.64 bits per heavy atom. The van der Waals surface area contributed by atoms with E-state index < -0.39 is 5.82 Å². The summed E-state index contributed by atoms with van der Waals surface area (Å²) in [5.41, 5.74) is 2.54. The third-order valence-corrected chi connectivity index (χ3v) is 6.17. The Kier molecular flexibility index (Phi) is 5.86. The highest BCUT2D eigenvalue weighted by Gasteiger charge is 2.33. The van der Waals surface area contributed by atoms with Gasteiger partial charge in [0.25, 0.3) is 0 Å². The fourth-order valence-corrected chi connectivity index (χ4v) is 4.29. The number of anilines is 3. The second kappa shape index (κ2) is 9.10. The summed E-state index contributed by atoms with van der Waals surface area (Å²) in [5.74, 6) is 0.173. The molecule has 2 fully saturated rings. The molecule has 1 unspecified atom stereocenters. The van der Waals surface area contributed by atoms with Gasteiger partial charge < -0.3 is 15.0 Å². The Balaban J connectivity index is 1.25. The van der Waals surface area contributed by atoms with Crippen LogP contribution in [0.25, 0.3) is 11.4 Å². The summed E-state index contributed by atoms with van der Waals surface area (Å²) in [6.07, 6.45) is 1.39. The number of nitrogens with zero attached hydrogens (tertiary/aromatic N) is 6. The van der Waals surface area contributed by atoms with Crippen LogP contribution in [-0.4, -0.2) is 64.8 Å². The number of piperazine rings is 1. The van der Waals surface area contributed by atoms with Crippen LogP contribution < -0.4 is 10.2 Å². The van der Waals surface area contributed by atoms with Crippen molar-refractivity contribution in [1.82, 2.24) is 19.9 Å². The number of ether oxygens (including phenoxy) is 1. The van der Waals surface area contributed by atoms with Crippen molar-refractivity contribution in [3.63, 3.8) is 0 Å². The van der Waals surface area contributed by atoms with Crippen LogP contribution in [0.3, 0.4) is 0 Å². The molecule has 2 aliphatic heterocycles.